The first-order valence-corrected chi connectivity index (χ1v) is 8.40. The first-order chi connectivity index (χ1) is 9.11. The third kappa shape index (κ3) is 3.77. The minimum absolute atomic E-state index is 0.527. The molecule has 2 heterocycles. The van der Waals surface area contributed by atoms with Gasteiger partial charge in [0.15, 0.2) is 0 Å². The van der Waals surface area contributed by atoms with Gasteiger partial charge in [0.2, 0.25) is 0 Å². The predicted octanol–water partition coefficient (Wildman–Crippen LogP) is 3.01. The van der Waals surface area contributed by atoms with Crippen molar-refractivity contribution in [2.45, 2.75) is 64.5 Å². The standard InChI is InChI=1S/C15H27N3S/c1-11(15-17-14(7-8-16)10-19-15)9-18-12(2)5-4-6-13(18)3/h10-13H,4-9,16H2,1-3H3. The Bertz CT molecular complexity index is 380. The molecule has 1 aromatic rings. The number of hydrogen-bond donors (Lipinski definition) is 1. The highest BCUT2D eigenvalue weighted by molar-refractivity contribution is 7.09. The van der Waals surface area contributed by atoms with Crippen molar-refractivity contribution in [2.24, 2.45) is 5.73 Å². The summed E-state index contributed by atoms with van der Waals surface area (Å²) in [5.74, 6) is 0.527. The number of thiazole rings is 1. The summed E-state index contributed by atoms with van der Waals surface area (Å²) in [6, 6.07) is 1.43. The van der Waals surface area contributed by atoms with E-state index in [1.165, 1.54) is 24.3 Å². The van der Waals surface area contributed by atoms with Crippen molar-refractivity contribution in [3.05, 3.63) is 16.1 Å². The molecule has 4 heteroatoms. The Morgan fingerprint density at radius 3 is 2.74 bits per heavy atom. The molecule has 0 spiro atoms. The Labute approximate surface area is 121 Å². The summed E-state index contributed by atoms with van der Waals surface area (Å²) < 4.78 is 0. The topological polar surface area (TPSA) is 42.2 Å². The molecule has 2 N–H and O–H groups in total. The lowest BCUT2D eigenvalue weighted by atomic mass is 9.96. The van der Waals surface area contributed by atoms with Gasteiger partial charge >= 0.3 is 0 Å². The number of rotatable bonds is 5. The van der Waals surface area contributed by atoms with Gasteiger partial charge in [-0.3, -0.25) is 4.90 Å². The van der Waals surface area contributed by atoms with E-state index in [0.717, 1.165) is 30.7 Å². The molecular formula is C15H27N3S. The zero-order valence-corrected chi connectivity index (χ0v) is 13.2. The van der Waals surface area contributed by atoms with E-state index in [4.69, 9.17) is 10.7 Å². The third-order valence-electron chi connectivity index (χ3n) is 4.25. The van der Waals surface area contributed by atoms with E-state index in [1.807, 2.05) is 0 Å². The fourth-order valence-electron chi connectivity index (χ4n) is 3.04. The summed E-state index contributed by atoms with van der Waals surface area (Å²) in [7, 11) is 0. The van der Waals surface area contributed by atoms with E-state index in [1.54, 1.807) is 11.3 Å². The van der Waals surface area contributed by atoms with Gasteiger partial charge < -0.3 is 5.73 Å². The van der Waals surface area contributed by atoms with E-state index in [0.29, 0.717) is 12.5 Å². The first kappa shape index (κ1) is 14.9. The van der Waals surface area contributed by atoms with Crippen LogP contribution in [0.15, 0.2) is 5.38 Å². The summed E-state index contributed by atoms with van der Waals surface area (Å²) in [6.07, 6.45) is 4.96. The quantitative estimate of drug-likeness (QED) is 0.902. The average molecular weight is 281 g/mol. The highest BCUT2D eigenvalue weighted by atomic mass is 32.1. The lowest BCUT2D eigenvalue weighted by Gasteiger charge is -2.40. The maximum atomic E-state index is 5.59. The second-order valence-electron chi connectivity index (χ2n) is 5.94. The van der Waals surface area contributed by atoms with Crippen molar-refractivity contribution in [2.75, 3.05) is 13.1 Å². The Hall–Kier alpha value is -0.450. The summed E-state index contributed by atoms with van der Waals surface area (Å²) in [4.78, 5) is 7.39. The number of likely N-dealkylation sites (tertiary alicyclic amines) is 1. The molecule has 1 saturated heterocycles. The molecule has 108 valence electrons. The van der Waals surface area contributed by atoms with Gasteiger partial charge in [-0.1, -0.05) is 13.3 Å². The van der Waals surface area contributed by atoms with Crippen LogP contribution in [0.25, 0.3) is 0 Å². The Morgan fingerprint density at radius 1 is 1.42 bits per heavy atom. The van der Waals surface area contributed by atoms with Gasteiger partial charge in [0.1, 0.15) is 0 Å². The van der Waals surface area contributed by atoms with Gasteiger partial charge in [0.05, 0.1) is 10.7 Å². The van der Waals surface area contributed by atoms with Crippen molar-refractivity contribution in [1.82, 2.24) is 9.88 Å². The number of aromatic nitrogens is 1. The molecule has 2 rings (SSSR count). The Kier molecular flexibility index (Phi) is 5.37. The highest BCUT2D eigenvalue weighted by Crippen LogP contribution is 2.27. The van der Waals surface area contributed by atoms with Gasteiger partial charge in [-0.2, -0.15) is 0 Å². The molecule has 1 aliphatic heterocycles. The van der Waals surface area contributed by atoms with Crippen LogP contribution in [0.5, 0.6) is 0 Å². The second kappa shape index (κ2) is 6.82. The molecule has 0 aliphatic carbocycles. The molecule has 19 heavy (non-hydrogen) atoms. The van der Waals surface area contributed by atoms with Gasteiger partial charge in [0.25, 0.3) is 0 Å². The normalized spacial score (nSPS) is 26.5. The number of nitrogens with two attached hydrogens (primary N) is 1. The molecule has 0 bridgehead atoms. The molecule has 0 amide bonds. The van der Waals surface area contributed by atoms with Crippen molar-refractivity contribution in [3.8, 4) is 0 Å². The fourth-order valence-corrected chi connectivity index (χ4v) is 3.94. The first-order valence-electron chi connectivity index (χ1n) is 7.52. The van der Waals surface area contributed by atoms with Crippen LogP contribution < -0.4 is 5.73 Å². The smallest absolute Gasteiger partial charge is 0.0969 e. The van der Waals surface area contributed by atoms with Crippen LogP contribution in [0.1, 0.15) is 56.7 Å². The van der Waals surface area contributed by atoms with Crippen molar-refractivity contribution in [3.63, 3.8) is 0 Å². The molecule has 0 saturated carbocycles. The zero-order valence-electron chi connectivity index (χ0n) is 12.4. The van der Waals surface area contributed by atoms with E-state index < -0.39 is 0 Å². The minimum atomic E-state index is 0.527. The molecule has 1 aliphatic rings. The third-order valence-corrected chi connectivity index (χ3v) is 5.38. The Balaban J connectivity index is 1.96. The van der Waals surface area contributed by atoms with Crippen LogP contribution in [-0.2, 0) is 6.42 Å². The van der Waals surface area contributed by atoms with Crippen molar-refractivity contribution >= 4 is 11.3 Å². The zero-order chi connectivity index (χ0) is 13.8. The van der Waals surface area contributed by atoms with Gasteiger partial charge in [-0.25, -0.2) is 4.98 Å². The fraction of sp³-hybridized carbons (Fsp3) is 0.800. The number of piperidine rings is 1. The lowest BCUT2D eigenvalue weighted by molar-refractivity contribution is 0.0974. The van der Waals surface area contributed by atoms with E-state index in [2.05, 4.69) is 31.1 Å². The van der Waals surface area contributed by atoms with Crippen LogP contribution in [0.3, 0.4) is 0 Å². The predicted molar refractivity (Wildman–Crippen MR) is 82.8 cm³/mol. The van der Waals surface area contributed by atoms with E-state index in [9.17, 15) is 0 Å². The SMILES string of the molecule is CC(CN1C(C)CCCC1C)c1nc(CCN)cs1. The second-order valence-corrected chi connectivity index (χ2v) is 6.83. The average Bonchev–Trinajstić information content (AvgIpc) is 2.83. The van der Waals surface area contributed by atoms with Crippen LogP contribution in [-0.4, -0.2) is 35.1 Å². The minimum Gasteiger partial charge on any atom is -0.330 e. The van der Waals surface area contributed by atoms with Crippen LogP contribution in [0.4, 0.5) is 0 Å². The Morgan fingerprint density at radius 2 is 2.11 bits per heavy atom. The van der Waals surface area contributed by atoms with Crippen LogP contribution in [0.2, 0.25) is 0 Å². The maximum Gasteiger partial charge on any atom is 0.0969 e. The van der Waals surface area contributed by atoms with Crippen molar-refractivity contribution < 1.29 is 0 Å². The monoisotopic (exact) mass is 281 g/mol. The molecule has 3 unspecified atom stereocenters. The summed E-state index contributed by atoms with van der Waals surface area (Å²) in [6.45, 7) is 8.86. The maximum absolute atomic E-state index is 5.59. The molecule has 0 aromatic carbocycles. The van der Waals surface area contributed by atoms with Crippen molar-refractivity contribution in [1.29, 1.82) is 0 Å². The summed E-state index contributed by atoms with van der Waals surface area (Å²) >= 11 is 1.80. The lowest BCUT2D eigenvalue weighted by Crippen LogP contribution is -2.45. The van der Waals surface area contributed by atoms with E-state index >= 15 is 0 Å². The van der Waals surface area contributed by atoms with Gasteiger partial charge in [0, 0.05) is 36.3 Å². The number of hydrogen-bond acceptors (Lipinski definition) is 4. The molecule has 1 aromatic heterocycles. The molecule has 0 radical (unpaired) electrons. The molecule has 3 nitrogen and oxygen atoms in total. The largest absolute Gasteiger partial charge is 0.330 e. The van der Waals surface area contributed by atoms with Gasteiger partial charge in [-0.05, 0) is 33.2 Å². The van der Waals surface area contributed by atoms with Crippen LogP contribution in [0, 0.1) is 0 Å². The highest BCUT2D eigenvalue weighted by Gasteiger charge is 2.26. The van der Waals surface area contributed by atoms with E-state index in [-0.39, 0.29) is 0 Å². The molecular weight excluding hydrogens is 254 g/mol. The summed E-state index contributed by atoms with van der Waals surface area (Å²) in [5.41, 5.74) is 6.75. The number of nitrogens with zero attached hydrogens (tertiary/aromatic N) is 2. The molecule has 1 fully saturated rings. The molecule has 3 atom stereocenters. The van der Waals surface area contributed by atoms with Crippen LogP contribution >= 0.6 is 11.3 Å². The summed E-state index contributed by atoms with van der Waals surface area (Å²) in [5, 5.41) is 3.44. The van der Waals surface area contributed by atoms with Gasteiger partial charge in [-0.15, -0.1) is 11.3 Å².